The Bertz CT molecular complexity index is 605. The van der Waals surface area contributed by atoms with Crippen LogP contribution in [0.4, 0.5) is 13.2 Å². The Balaban J connectivity index is 1.77. The first-order valence-electron chi connectivity index (χ1n) is 7.19. The minimum absolute atomic E-state index is 0.0213. The number of nitrogens with one attached hydrogen (secondary N) is 1. The summed E-state index contributed by atoms with van der Waals surface area (Å²) in [6.45, 7) is 0. The Kier molecular flexibility index (Phi) is 2.50. The average Bonchev–Trinajstić information content (AvgIpc) is 3.31. The minimum Gasteiger partial charge on any atom is -0.318 e. The molecule has 4 rings (SSSR count). The van der Waals surface area contributed by atoms with Gasteiger partial charge in [0.05, 0.1) is 5.56 Å². The van der Waals surface area contributed by atoms with Gasteiger partial charge in [-0.3, -0.25) is 10.1 Å². The van der Waals surface area contributed by atoms with Crippen molar-refractivity contribution >= 4 is 5.91 Å². The number of hydrogen-bond acceptors (Lipinski definition) is 2. The Hall–Kier alpha value is -1.56. The summed E-state index contributed by atoms with van der Waals surface area (Å²) >= 11 is 0. The molecule has 112 valence electrons. The third-order valence-electron chi connectivity index (χ3n) is 4.59. The van der Waals surface area contributed by atoms with Crippen molar-refractivity contribution in [1.29, 1.82) is 0 Å². The first-order chi connectivity index (χ1) is 9.92. The molecule has 1 amide bonds. The molecule has 0 bridgehead atoms. The smallest absolute Gasteiger partial charge is 0.318 e. The van der Waals surface area contributed by atoms with E-state index in [2.05, 4.69) is 5.32 Å². The number of rotatable bonds is 2. The second-order valence-electron chi connectivity index (χ2n) is 6.16. The number of nitrogens with zero attached hydrogens (tertiary/aromatic N) is 1. The van der Waals surface area contributed by atoms with E-state index in [1.807, 2.05) is 0 Å². The summed E-state index contributed by atoms with van der Waals surface area (Å²) in [4.78, 5) is 14.1. The molecule has 1 aromatic rings. The zero-order valence-electron chi connectivity index (χ0n) is 11.3. The van der Waals surface area contributed by atoms with Crippen molar-refractivity contribution in [1.82, 2.24) is 10.2 Å². The van der Waals surface area contributed by atoms with Gasteiger partial charge in [0.2, 0.25) is 5.91 Å². The molecule has 1 saturated heterocycles. The first kappa shape index (κ1) is 13.1. The van der Waals surface area contributed by atoms with Crippen molar-refractivity contribution in [3.63, 3.8) is 0 Å². The largest absolute Gasteiger partial charge is 0.416 e. The number of amides is 1. The van der Waals surface area contributed by atoms with Crippen molar-refractivity contribution in [3.05, 3.63) is 35.4 Å². The lowest BCUT2D eigenvalue weighted by Crippen LogP contribution is -2.34. The van der Waals surface area contributed by atoms with Gasteiger partial charge in [-0.05, 0) is 31.7 Å². The van der Waals surface area contributed by atoms with Crippen LogP contribution in [0.3, 0.4) is 0 Å². The van der Waals surface area contributed by atoms with E-state index < -0.39 is 23.4 Å². The third kappa shape index (κ3) is 1.96. The second kappa shape index (κ2) is 4.00. The van der Waals surface area contributed by atoms with Gasteiger partial charge >= 0.3 is 6.18 Å². The highest BCUT2D eigenvalue weighted by Crippen LogP contribution is 2.50. The van der Waals surface area contributed by atoms with Gasteiger partial charge in [-0.15, -0.1) is 0 Å². The summed E-state index contributed by atoms with van der Waals surface area (Å²) in [5.74, 6) is -0.0213. The SMILES string of the molecule is O=C1N(C2CC2)C(c2ccccc2C(F)(F)F)NC12CC2. The van der Waals surface area contributed by atoms with Gasteiger partial charge < -0.3 is 4.90 Å². The van der Waals surface area contributed by atoms with Gasteiger partial charge in [0.25, 0.3) is 0 Å². The number of carbonyl (C=O) groups excluding carboxylic acids is 1. The number of hydrogen-bond donors (Lipinski definition) is 1. The van der Waals surface area contributed by atoms with Crippen LogP contribution in [0, 0.1) is 0 Å². The third-order valence-corrected chi connectivity index (χ3v) is 4.59. The van der Waals surface area contributed by atoms with Crippen LogP contribution in [0.1, 0.15) is 43.0 Å². The van der Waals surface area contributed by atoms with Gasteiger partial charge in [0, 0.05) is 11.6 Å². The quantitative estimate of drug-likeness (QED) is 0.910. The molecule has 1 atom stereocenters. The minimum atomic E-state index is -4.41. The predicted molar refractivity (Wildman–Crippen MR) is 69.2 cm³/mol. The molecule has 6 heteroatoms. The molecule has 1 aliphatic heterocycles. The van der Waals surface area contributed by atoms with E-state index in [1.165, 1.54) is 12.1 Å². The molecule has 21 heavy (non-hydrogen) atoms. The van der Waals surface area contributed by atoms with Crippen LogP contribution in [0.2, 0.25) is 0 Å². The summed E-state index contributed by atoms with van der Waals surface area (Å²) < 4.78 is 39.7. The molecule has 0 aromatic heterocycles. The molecule has 1 heterocycles. The Morgan fingerprint density at radius 1 is 1.19 bits per heavy atom. The molecular weight excluding hydrogens is 281 g/mol. The van der Waals surface area contributed by atoms with Crippen molar-refractivity contribution in [2.45, 2.75) is 49.6 Å². The highest BCUT2D eigenvalue weighted by Gasteiger charge is 2.62. The molecule has 1 unspecified atom stereocenters. The van der Waals surface area contributed by atoms with Crippen molar-refractivity contribution < 1.29 is 18.0 Å². The topological polar surface area (TPSA) is 32.3 Å². The number of alkyl halides is 3. The average molecular weight is 296 g/mol. The van der Waals surface area contributed by atoms with E-state index in [0.29, 0.717) is 0 Å². The Morgan fingerprint density at radius 2 is 1.86 bits per heavy atom. The molecule has 1 N–H and O–H groups in total. The fourth-order valence-electron chi connectivity index (χ4n) is 3.19. The molecule has 2 saturated carbocycles. The summed E-state index contributed by atoms with van der Waals surface area (Å²) in [6, 6.07) is 5.64. The highest BCUT2D eigenvalue weighted by molar-refractivity contribution is 5.92. The van der Waals surface area contributed by atoms with Crippen LogP contribution < -0.4 is 5.32 Å². The Morgan fingerprint density at radius 3 is 2.43 bits per heavy atom. The molecule has 3 aliphatic rings. The number of halogens is 3. The Labute approximate surface area is 120 Å². The maximum absolute atomic E-state index is 13.2. The zero-order valence-corrected chi connectivity index (χ0v) is 11.3. The van der Waals surface area contributed by atoms with Crippen molar-refractivity contribution in [3.8, 4) is 0 Å². The lowest BCUT2D eigenvalue weighted by molar-refractivity contribution is -0.140. The maximum atomic E-state index is 13.2. The van der Waals surface area contributed by atoms with E-state index >= 15 is 0 Å². The fourth-order valence-corrected chi connectivity index (χ4v) is 3.19. The van der Waals surface area contributed by atoms with E-state index in [1.54, 1.807) is 11.0 Å². The number of benzene rings is 1. The zero-order chi connectivity index (χ0) is 14.8. The van der Waals surface area contributed by atoms with Gasteiger partial charge in [-0.2, -0.15) is 13.2 Å². The monoisotopic (exact) mass is 296 g/mol. The lowest BCUT2D eigenvalue weighted by atomic mass is 10.0. The van der Waals surface area contributed by atoms with Crippen molar-refractivity contribution in [2.24, 2.45) is 0 Å². The van der Waals surface area contributed by atoms with E-state index in [9.17, 15) is 18.0 Å². The normalized spacial score (nSPS) is 27.5. The van der Waals surface area contributed by atoms with Crippen LogP contribution in [-0.4, -0.2) is 22.4 Å². The first-order valence-corrected chi connectivity index (χ1v) is 7.19. The maximum Gasteiger partial charge on any atom is 0.416 e. The fraction of sp³-hybridized carbons (Fsp3) is 0.533. The van der Waals surface area contributed by atoms with Crippen LogP contribution in [0.25, 0.3) is 0 Å². The standard InChI is InChI=1S/C15H15F3N2O/c16-15(17,18)11-4-2-1-3-10(11)12-19-14(7-8-14)13(21)20(12)9-5-6-9/h1-4,9,12,19H,5-8H2. The van der Waals surface area contributed by atoms with Gasteiger partial charge in [-0.1, -0.05) is 18.2 Å². The molecular formula is C15H15F3N2O. The molecule has 0 radical (unpaired) electrons. The summed E-state index contributed by atoms with van der Waals surface area (Å²) in [6.07, 6.45) is -1.84. The molecule has 3 nitrogen and oxygen atoms in total. The predicted octanol–water partition coefficient (Wildman–Crippen LogP) is 2.83. The molecule has 2 aliphatic carbocycles. The van der Waals surface area contributed by atoms with Crippen LogP contribution >= 0.6 is 0 Å². The molecule has 1 aromatic carbocycles. The van der Waals surface area contributed by atoms with Crippen LogP contribution in [0.15, 0.2) is 24.3 Å². The van der Waals surface area contributed by atoms with E-state index in [4.69, 9.17) is 0 Å². The molecule has 3 fully saturated rings. The van der Waals surface area contributed by atoms with Crippen LogP contribution in [-0.2, 0) is 11.0 Å². The van der Waals surface area contributed by atoms with E-state index in [0.717, 1.165) is 31.7 Å². The van der Waals surface area contributed by atoms with Crippen molar-refractivity contribution in [2.75, 3.05) is 0 Å². The molecule has 1 spiro atoms. The lowest BCUT2D eigenvalue weighted by Gasteiger charge is -2.26. The van der Waals surface area contributed by atoms with Crippen LogP contribution in [0.5, 0.6) is 0 Å². The van der Waals surface area contributed by atoms with Gasteiger partial charge in [0.15, 0.2) is 0 Å². The number of carbonyl (C=O) groups is 1. The summed E-state index contributed by atoms with van der Waals surface area (Å²) in [5.41, 5.74) is -1.08. The summed E-state index contributed by atoms with van der Waals surface area (Å²) in [5, 5.41) is 3.17. The van der Waals surface area contributed by atoms with E-state index in [-0.39, 0.29) is 17.5 Å². The second-order valence-corrected chi connectivity index (χ2v) is 6.16. The van der Waals surface area contributed by atoms with Gasteiger partial charge in [-0.25, -0.2) is 0 Å². The highest BCUT2D eigenvalue weighted by atomic mass is 19.4. The summed E-state index contributed by atoms with van der Waals surface area (Å²) in [7, 11) is 0. The van der Waals surface area contributed by atoms with Gasteiger partial charge in [0.1, 0.15) is 11.7 Å².